The molecule has 8 heteroatoms. The van der Waals surface area contributed by atoms with Crippen LogP contribution in [0.15, 0.2) is 23.6 Å². The van der Waals surface area contributed by atoms with E-state index in [4.69, 9.17) is 0 Å². The molecule has 0 spiro atoms. The van der Waals surface area contributed by atoms with Crippen molar-refractivity contribution in [2.45, 2.75) is 30.7 Å². The van der Waals surface area contributed by atoms with Crippen molar-refractivity contribution >= 4 is 34.1 Å². The second-order valence-corrected chi connectivity index (χ2v) is 6.01. The van der Waals surface area contributed by atoms with Gasteiger partial charge in [0.1, 0.15) is 5.01 Å². The standard InChI is InChI=1S/C11H13N5OS2/c1-3-8(19-10-12-5-4-6-13-10)9(17)14-11-16-15-7(2)18-11/h4-6,8H,3H2,1-2H3,(H,14,16,17). The van der Waals surface area contributed by atoms with Gasteiger partial charge in [0.25, 0.3) is 0 Å². The number of aromatic nitrogens is 4. The summed E-state index contributed by atoms with van der Waals surface area (Å²) in [5, 5.41) is 12.2. The molecule has 1 N–H and O–H groups in total. The fourth-order valence-corrected chi connectivity index (χ4v) is 2.75. The van der Waals surface area contributed by atoms with Crippen molar-refractivity contribution in [2.24, 2.45) is 0 Å². The third-order valence-corrected chi connectivity index (χ3v) is 4.22. The summed E-state index contributed by atoms with van der Waals surface area (Å²) >= 11 is 2.70. The molecule has 1 amide bonds. The van der Waals surface area contributed by atoms with Crippen molar-refractivity contribution in [1.29, 1.82) is 0 Å². The minimum atomic E-state index is -0.244. The van der Waals surface area contributed by atoms with Gasteiger partial charge in [-0.25, -0.2) is 9.97 Å². The number of hydrogen-bond donors (Lipinski definition) is 1. The van der Waals surface area contributed by atoms with Crippen molar-refractivity contribution in [2.75, 3.05) is 5.32 Å². The van der Waals surface area contributed by atoms with Gasteiger partial charge >= 0.3 is 0 Å². The molecule has 19 heavy (non-hydrogen) atoms. The van der Waals surface area contributed by atoms with E-state index in [1.165, 1.54) is 23.1 Å². The number of thioether (sulfide) groups is 1. The number of carbonyl (C=O) groups excluding carboxylic acids is 1. The topological polar surface area (TPSA) is 80.7 Å². The monoisotopic (exact) mass is 295 g/mol. The number of rotatable bonds is 5. The number of carbonyl (C=O) groups is 1. The number of aryl methyl sites for hydroxylation is 1. The lowest BCUT2D eigenvalue weighted by Gasteiger charge is -2.11. The van der Waals surface area contributed by atoms with Gasteiger partial charge < -0.3 is 0 Å². The molecular weight excluding hydrogens is 282 g/mol. The summed E-state index contributed by atoms with van der Waals surface area (Å²) < 4.78 is 0. The second-order valence-electron chi connectivity index (χ2n) is 3.66. The zero-order valence-electron chi connectivity index (χ0n) is 10.5. The van der Waals surface area contributed by atoms with Gasteiger partial charge in [0, 0.05) is 12.4 Å². The molecular formula is C11H13N5OS2. The van der Waals surface area contributed by atoms with Gasteiger partial charge in [0.15, 0.2) is 5.16 Å². The first-order valence-electron chi connectivity index (χ1n) is 5.73. The van der Waals surface area contributed by atoms with E-state index in [1.54, 1.807) is 18.5 Å². The number of nitrogens with zero attached hydrogens (tertiary/aromatic N) is 4. The third kappa shape index (κ3) is 3.97. The van der Waals surface area contributed by atoms with Gasteiger partial charge in [-0.3, -0.25) is 10.1 Å². The van der Waals surface area contributed by atoms with Crippen molar-refractivity contribution in [1.82, 2.24) is 20.2 Å². The van der Waals surface area contributed by atoms with Crippen LogP contribution in [0.1, 0.15) is 18.4 Å². The van der Waals surface area contributed by atoms with Crippen LogP contribution in [-0.4, -0.2) is 31.3 Å². The predicted octanol–water partition coefficient (Wildman–Crippen LogP) is 2.15. The smallest absolute Gasteiger partial charge is 0.239 e. The lowest BCUT2D eigenvalue weighted by molar-refractivity contribution is -0.115. The predicted molar refractivity (Wildman–Crippen MR) is 75.2 cm³/mol. The molecule has 2 aromatic rings. The lowest BCUT2D eigenvalue weighted by Crippen LogP contribution is -2.24. The summed E-state index contributed by atoms with van der Waals surface area (Å²) in [5.74, 6) is -0.101. The molecule has 0 aromatic carbocycles. The number of anilines is 1. The first-order valence-corrected chi connectivity index (χ1v) is 7.43. The quantitative estimate of drug-likeness (QED) is 0.672. The normalized spacial score (nSPS) is 12.1. The third-order valence-electron chi connectivity index (χ3n) is 2.21. The van der Waals surface area contributed by atoms with E-state index < -0.39 is 0 Å². The molecule has 1 unspecified atom stereocenters. The lowest BCUT2D eigenvalue weighted by atomic mass is 10.3. The number of hydrogen-bond acceptors (Lipinski definition) is 7. The highest BCUT2D eigenvalue weighted by Gasteiger charge is 2.20. The fraction of sp³-hybridized carbons (Fsp3) is 0.364. The van der Waals surface area contributed by atoms with E-state index in [2.05, 4.69) is 25.5 Å². The van der Waals surface area contributed by atoms with Crippen LogP contribution < -0.4 is 5.32 Å². The van der Waals surface area contributed by atoms with E-state index in [0.29, 0.717) is 16.7 Å². The Bertz CT molecular complexity index is 545. The molecule has 6 nitrogen and oxygen atoms in total. The van der Waals surface area contributed by atoms with E-state index in [9.17, 15) is 4.79 Å². The van der Waals surface area contributed by atoms with Crippen LogP contribution in [0.2, 0.25) is 0 Å². The highest BCUT2D eigenvalue weighted by atomic mass is 32.2. The van der Waals surface area contributed by atoms with Crippen LogP contribution >= 0.6 is 23.1 Å². The molecule has 100 valence electrons. The van der Waals surface area contributed by atoms with E-state index in [0.717, 1.165) is 5.01 Å². The maximum Gasteiger partial charge on any atom is 0.239 e. The number of nitrogens with one attached hydrogen (secondary N) is 1. The molecule has 0 aliphatic heterocycles. The molecule has 0 aliphatic carbocycles. The average Bonchev–Trinajstić information content (AvgIpc) is 2.82. The van der Waals surface area contributed by atoms with Crippen LogP contribution in [0.25, 0.3) is 0 Å². The fourth-order valence-electron chi connectivity index (χ4n) is 1.33. The molecule has 0 bridgehead atoms. The summed E-state index contributed by atoms with van der Waals surface area (Å²) in [6.07, 6.45) is 4.01. The van der Waals surface area contributed by atoms with Gasteiger partial charge in [-0.05, 0) is 19.4 Å². The largest absolute Gasteiger partial charge is 0.300 e. The minimum Gasteiger partial charge on any atom is -0.300 e. The Kier molecular flexibility index (Phi) is 4.80. The maximum atomic E-state index is 12.1. The van der Waals surface area contributed by atoms with Gasteiger partial charge in [-0.2, -0.15) is 0 Å². The van der Waals surface area contributed by atoms with Gasteiger partial charge in [-0.1, -0.05) is 30.0 Å². The van der Waals surface area contributed by atoms with Gasteiger partial charge in [0.2, 0.25) is 11.0 Å². The average molecular weight is 295 g/mol. The first-order chi connectivity index (χ1) is 9.19. The van der Waals surface area contributed by atoms with E-state index in [1.807, 2.05) is 13.8 Å². The van der Waals surface area contributed by atoms with Crippen molar-refractivity contribution < 1.29 is 4.79 Å². The summed E-state index contributed by atoms with van der Waals surface area (Å²) in [4.78, 5) is 20.3. The Labute approximate surface area is 119 Å². The molecule has 2 heterocycles. The zero-order valence-corrected chi connectivity index (χ0v) is 12.2. The molecule has 0 aliphatic rings. The number of amides is 1. The van der Waals surface area contributed by atoms with Gasteiger partial charge in [0.05, 0.1) is 5.25 Å². The Hall–Kier alpha value is -1.54. The molecule has 0 radical (unpaired) electrons. The Morgan fingerprint density at radius 3 is 2.74 bits per heavy atom. The van der Waals surface area contributed by atoms with Crippen molar-refractivity contribution in [3.8, 4) is 0 Å². The molecule has 1 atom stereocenters. The van der Waals surface area contributed by atoms with Crippen LogP contribution in [0, 0.1) is 6.92 Å². The van der Waals surface area contributed by atoms with Crippen molar-refractivity contribution in [3.05, 3.63) is 23.5 Å². The summed E-state index contributed by atoms with van der Waals surface area (Å²) in [6, 6.07) is 1.75. The van der Waals surface area contributed by atoms with Crippen LogP contribution in [0.4, 0.5) is 5.13 Å². The molecule has 2 rings (SSSR count). The van der Waals surface area contributed by atoms with E-state index >= 15 is 0 Å². The Morgan fingerprint density at radius 1 is 1.42 bits per heavy atom. The summed E-state index contributed by atoms with van der Waals surface area (Å²) in [6.45, 7) is 3.79. The van der Waals surface area contributed by atoms with Crippen LogP contribution in [0.5, 0.6) is 0 Å². The Balaban J connectivity index is 1.99. The highest BCUT2D eigenvalue weighted by Crippen LogP contribution is 2.23. The second kappa shape index (κ2) is 6.58. The molecule has 0 saturated carbocycles. The molecule has 2 aromatic heterocycles. The van der Waals surface area contributed by atoms with E-state index in [-0.39, 0.29) is 11.2 Å². The van der Waals surface area contributed by atoms with Crippen LogP contribution in [-0.2, 0) is 4.79 Å². The Morgan fingerprint density at radius 2 is 2.16 bits per heavy atom. The van der Waals surface area contributed by atoms with Crippen LogP contribution in [0.3, 0.4) is 0 Å². The summed E-state index contributed by atoms with van der Waals surface area (Å²) in [5.41, 5.74) is 0. The van der Waals surface area contributed by atoms with Crippen molar-refractivity contribution in [3.63, 3.8) is 0 Å². The molecule has 0 fully saturated rings. The van der Waals surface area contributed by atoms with Gasteiger partial charge in [-0.15, -0.1) is 10.2 Å². The summed E-state index contributed by atoms with van der Waals surface area (Å²) in [7, 11) is 0. The SMILES string of the molecule is CCC(Sc1ncccn1)C(=O)Nc1nnc(C)s1. The zero-order chi connectivity index (χ0) is 13.7. The highest BCUT2D eigenvalue weighted by molar-refractivity contribution is 8.00. The first kappa shape index (κ1) is 13.9. The minimum absolute atomic E-state index is 0.101. The maximum absolute atomic E-state index is 12.1. The molecule has 0 saturated heterocycles.